The van der Waals surface area contributed by atoms with E-state index in [0.29, 0.717) is 12.3 Å². The summed E-state index contributed by atoms with van der Waals surface area (Å²) in [5, 5.41) is 3.13. The highest BCUT2D eigenvalue weighted by atomic mass is 32.2. The third kappa shape index (κ3) is 4.09. The van der Waals surface area contributed by atoms with Crippen molar-refractivity contribution in [2.45, 2.75) is 31.4 Å². The van der Waals surface area contributed by atoms with Gasteiger partial charge in [-0.15, -0.1) is 0 Å². The molecule has 0 aliphatic rings. The van der Waals surface area contributed by atoms with Crippen molar-refractivity contribution in [1.29, 1.82) is 0 Å². The van der Waals surface area contributed by atoms with Crippen LogP contribution in [0, 0.1) is 0 Å². The van der Waals surface area contributed by atoms with Crippen LogP contribution in [0.2, 0.25) is 0 Å². The van der Waals surface area contributed by atoms with Crippen molar-refractivity contribution in [2.24, 2.45) is 0 Å². The van der Waals surface area contributed by atoms with E-state index in [2.05, 4.69) is 29.1 Å². The second kappa shape index (κ2) is 6.78. The Morgan fingerprint density at radius 2 is 1.81 bits per heavy atom. The van der Waals surface area contributed by atoms with E-state index in [1.807, 2.05) is 12.1 Å². The molecule has 0 aliphatic heterocycles. The van der Waals surface area contributed by atoms with Crippen molar-refractivity contribution < 1.29 is 12.8 Å². The highest BCUT2D eigenvalue weighted by Crippen LogP contribution is 2.16. The van der Waals surface area contributed by atoms with Crippen LogP contribution in [0.15, 0.2) is 45.9 Å². The van der Waals surface area contributed by atoms with Crippen LogP contribution in [0.25, 0.3) is 0 Å². The molecule has 0 amide bonds. The number of furan rings is 1. The van der Waals surface area contributed by atoms with Gasteiger partial charge in [0.2, 0.25) is 5.09 Å². The first-order chi connectivity index (χ1) is 10.0. The van der Waals surface area contributed by atoms with E-state index in [0.717, 1.165) is 18.5 Å². The largest absolute Gasteiger partial charge is 0.446 e. The highest BCUT2D eigenvalue weighted by molar-refractivity contribution is 7.89. The monoisotopic (exact) mass is 308 g/mol. The van der Waals surface area contributed by atoms with Crippen LogP contribution in [0.1, 0.15) is 24.7 Å². The van der Waals surface area contributed by atoms with Gasteiger partial charge in [0.05, 0.1) is 6.54 Å². The third-order valence-corrected chi connectivity index (χ3v) is 4.42. The lowest BCUT2D eigenvalue weighted by atomic mass is 10.1. The fourth-order valence-corrected chi connectivity index (χ4v) is 2.63. The van der Waals surface area contributed by atoms with Gasteiger partial charge >= 0.3 is 0 Å². The van der Waals surface area contributed by atoms with Gasteiger partial charge in [-0.2, -0.15) is 0 Å². The Labute approximate surface area is 125 Å². The Bertz CT molecular complexity index is 675. The number of rotatable bonds is 7. The Morgan fingerprint density at radius 3 is 2.43 bits per heavy atom. The summed E-state index contributed by atoms with van der Waals surface area (Å²) in [6, 6.07) is 11.3. The quantitative estimate of drug-likeness (QED) is 0.825. The number of hydrogen-bond acceptors (Lipinski definition) is 4. The molecule has 0 unspecified atom stereocenters. The molecule has 0 atom stereocenters. The maximum atomic E-state index is 11.6. The molecule has 2 rings (SSSR count). The summed E-state index contributed by atoms with van der Waals surface area (Å²) < 4.78 is 30.7. The van der Waals surface area contributed by atoms with Gasteiger partial charge < -0.3 is 9.73 Å². The lowest BCUT2D eigenvalue weighted by Gasteiger charge is -2.05. The van der Waals surface area contributed by atoms with Gasteiger partial charge in [0.15, 0.2) is 0 Å². The second-order valence-corrected chi connectivity index (χ2v) is 6.55. The van der Waals surface area contributed by atoms with Gasteiger partial charge in [-0.3, -0.25) is 0 Å². The molecule has 0 saturated heterocycles. The molecule has 0 bridgehead atoms. The zero-order chi connectivity index (χ0) is 15.3. The zero-order valence-corrected chi connectivity index (χ0v) is 13.0. The smallest absolute Gasteiger partial charge is 0.273 e. The average Bonchev–Trinajstić information content (AvgIpc) is 2.97. The van der Waals surface area contributed by atoms with Gasteiger partial charge in [0.1, 0.15) is 5.76 Å². The number of hydrogen-bond donors (Lipinski definition) is 2. The molecule has 1 heterocycles. The van der Waals surface area contributed by atoms with E-state index in [1.165, 1.54) is 18.7 Å². The molecule has 0 aliphatic carbocycles. The van der Waals surface area contributed by atoms with Gasteiger partial charge in [-0.1, -0.05) is 25.5 Å². The van der Waals surface area contributed by atoms with Crippen LogP contribution in [-0.2, 0) is 23.0 Å². The van der Waals surface area contributed by atoms with Crippen molar-refractivity contribution in [2.75, 3.05) is 12.4 Å². The molecule has 0 saturated carbocycles. The lowest BCUT2D eigenvalue weighted by Crippen LogP contribution is -2.17. The number of sulfonamides is 1. The van der Waals surface area contributed by atoms with Crippen LogP contribution in [0.4, 0.5) is 5.69 Å². The summed E-state index contributed by atoms with van der Waals surface area (Å²) in [5.74, 6) is 0.571. The SMILES string of the molecule is CCCc1ccc(NCc2ccc(S(=O)(=O)NC)o2)cc1. The Hall–Kier alpha value is -1.79. The van der Waals surface area contributed by atoms with Gasteiger partial charge in [-0.05, 0) is 43.3 Å². The molecule has 0 radical (unpaired) electrons. The van der Waals surface area contributed by atoms with Crippen molar-refractivity contribution in [3.05, 3.63) is 47.7 Å². The summed E-state index contributed by atoms with van der Waals surface area (Å²) in [7, 11) is -2.16. The Morgan fingerprint density at radius 1 is 1.10 bits per heavy atom. The van der Waals surface area contributed by atoms with Crippen molar-refractivity contribution in [3.8, 4) is 0 Å². The summed E-state index contributed by atoms with van der Waals surface area (Å²) in [4.78, 5) is 0. The summed E-state index contributed by atoms with van der Waals surface area (Å²) in [5.41, 5.74) is 2.28. The van der Waals surface area contributed by atoms with Crippen LogP contribution >= 0.6 is 0 Å². The molecule has 2 N–H and O–H groups in total. The molecule has 0 fully saturated rings. The van der Waals surface area contributed by atoms with Gasteiger partial charge in [-0.25, -0.2) is 13.1 Å². The maximum absolute atomic E-state index is 11.6. The molecule has 1 aromatic heterocycles. The molecular formula is C15H20N2O3S. The fraction of sp³-hybridized carbons (Fsp3) is 0.333. The van der Waals surface area contributed by atoms with Gasteiger partial charge in [0.25, 0.3) is 10.0 Å². The molecule has 0 spiro atoms. The van der Waals surface area contributed by atoms with E-state index in [4.69, 9.17) is 4.42 Å². The molecule has 5 nitrogen and oxygen atoms in total. The zero-order valence-electron chi connectivity index (χ0n) is 12.2. The minimum absolute atomic E-state index is 0.0694. The predicted octanol–water partition coefficient (Wildman–Crippen LogP) is 2.75. The topological polar surface area (TPSA) is 71.3 Å². The van der Waals surface area contributed by atoms with E-state index in [1.54, 1.807) is 6.07 Å². The predicted molar refractivity (Wildman–Crippen MR) is 82.7 cm³/mol. The summed E-state index contributed by atoms with van der Waals surface area (Å²) in [6.07, 6.45) is 2.20. The first kappa shape index (κ1) is 15.6. The first-order valence-corrected chi connectivity index (χ1v) is 8.38. The van der Waals surface area contributed by atoms with Crippen molar-refractivity contribution >= 4 is 15.7 Å². The van der Waals surface area contributed by atoms with E-state index < -0.39 is 10.0 Å². The van der Waals surface area contributed by atoms with Crippen LogP contribution in [0.5, 0.6) is 0 Å². The molecule has 1 aromatic carbocycles. The van der Waals surface area contributed by atoms with E-state index in [9.17, 15) is 8.42 Å². The molecule has 21 heavy (non-hydrogen) atoms. The Balaban J connectivity index is 1.97. The van der Waals surface area contributed by atoms with Crippen molar-refractivity contribution in [3.63, 3.8) is 0 Å². The summed E-state index contributed by atoms with van der Waals surface area (Å²) >= 11 is 0. The highest BCUT2D eigenvalue weighted by Gasteiger charge is 2.15. The normalized spacial score (nSPS) is 11.5. The first-order valence-electron chi connectivity index (χ1n) is 6.90. The van der Waals surface area contributed by atoms with Crippen LogP contribution in [-0.4, -0.2) is 15.5 Å². The lowest BCUT2D eigenvalue weighted by molar-refractivity contribution is 0.417. The number of benzene rings is 1. The maximum Gasteiger partial charge on any atom is 0.273 e. The number of nitrogens with one attached hydrogen (secondary N) is 2. The third-order valence-electron chi connectivity index (χ3n) is 3.13. The van der Waals surface area contributed by atoms with Gasteiger partial charge in [0, 0.05) is 5.69 Å². The second-order valence-electron chi connectivity index (χ2n) is 4.73. The minimum Gasteiger partial charge on any atom is -0.446 e. The fourth-order valence-electron chi connectivity index (χ4n) is 1.97. The Kier molecular flexibility index (Phi) is 5.03. The number of aryl methyl sites for hydroxylation is 1. The van der Waals surface area contributed by atoms with E-state index in [-0.39, 0.29) is 5.09 Å². The minimum atomic E-state index is -3.52. The molecule has 2 aromatic rings. The van der Waals surface area contributed by atoms with Crippen LogP contribution < -0.4 is 10.0 Å². The summed E-state index contributed by atoms with van der Waals surface area (Å²) in [6.45, 7) is 2.59. The standard InChI is InChI=1S/C15H20N2O3S/c1-3-4-12-5-7-13(8-6-12)17-11-14-9-10-15(20-14)21(18,19)16-2/h5-10,16-17H,3-4,11H2,1-2H3. The van der Waals surface area contributed by atoms with Crippen molar-refractivity contribution in [1.82, 2.24) is 4.72 Å². The molecule has 6 heteroatoms. The molecular weight excluding hydrogens is 288 g/mol. The number of anilines is 1. The van der Waals surface area contributed by atoms with Crippen LogP contribution in [0.3, 0.4) is 0 Å². The van der Waals surface area contributed by atoms with E-state index >= 15 is 0 Å². The average molecular weight is 308 g/mol. The molecule has 114 valence electrons.